The largest absolute Gasteiger partial charge is 0.349 e. The zero-order valence-electron chi connectivity index (χ0n) is 18.0. The number of nitrogens with zero attached hydrogens (tertiary/aromatic N) is 3. The molecular weight excluding hydrogens is 412 g/mol. The molecule has 3 rings (SSSR count). The highest BCUT2D eigenvalue weighted by Crippen LogP contribution is 2.27. The maximum Gasteiger partial charge on any atom is 0.275 e. The number of aryl methyl sites for hydroxylation is 1. The van der Waals surface area contributed by atoms with Crippen LogP contribution in [0, 0.1) is 6.92 Å². The number of nitrogens with one attached hydrogen (secondary N) is 1. The van der Waals surface area contributed by atoms with E-state index in [1.165, 1.54) is 6.07 Å². The molecule has 0 radical (unpaired) electrons. The Balaban J connectivity index is 1.88. The molecule has 7 heteroatoms. The quantitative estimate of drug-likeness (QED) is 0.577. The van der Waals surface area contributed by atoms with Gasteiger partial charge in [-0.2, -0.15) is 5.10 Å². The summed E-state index contributed by atoms with van der Waals surface area (Å²) in [5.41, 5.74) is 1.84. The Bertz CT molecular complexity index is 1090. The SMILES string of the molecule is CCN(CC)C(CNC(=O)c1nn(-c2ccccc2)c(C)cc1=O)c1ccccc1Cl. The maximum absolute atomic E-state index is 12.9. The van der Waals surface area contributed by atoms with E-state index in [2.05, 4.69) is 29.2 Å². The zero-order valence-corrected chi connectivity index (χ0v) is 18.8. The van der Waals surface area contributed by atoms with Gasteiger partial charge >= 0.3 is 0 Å². The summed E-state index contributed by atoms with van der Waals surface area (Å²) in [6, 6.07) is 18.3. The minimum Gasteiger partial charge on any atom is -0.349 e. The van der Waals surface area contributed by atoms with Gasteiger partial charge < -0.3 is 5.32 Å². The van der Waals surface area contributed by atoms with Gasteiger partial charge in [0.15, 0.2) is 5.69 Å². The lowest BCUT2D eigenvalue weighted by Crippen LogP contribution is -2.40. The second-order valence-corrected chi connectivity index (χ2v) is 7.62. The van der Waals surface area contributed by atoms with Crippen LogP contribution in [-0.2, 0) is 0 Å². The van der Waals surface area contributed by atoms with Crippen LogP contribution in [0.3, 0.4) is 0 Å². The number of hydrogen-bond donors (Lipinski definition) is 1. The standard InChI is InChI=1S/C24H27ClN4O2/c1-4-28(5-2)21(19-13-9-10-14-20(19)25)16-26-24(31)23-22(30)15-17(3)29(27-23)18-11-7-6-8-12-18/h6-15,21H,4-5,16H2,1-3H3,(H,26,31). The molecule has 1 amide bonds. The molecular formula is C24H27ClN4O2. The summed E-state index contributed by atoms with van der Waals surface area (Å²) in [5, 5.41) is 7.89. The number of rotatable bonds is 8. The molecule has 2 aromatic carbocycles. The van der Waals surface area contributed by atoms with Gasteiger partial charge in [-0.3, -0.25) is 14.5 Å². The Morgan fingerprint density at radius 2 is 1.74 bits per heavy atom. The molecule has 0 saturated heterocycles. The predicted octanol–water partition coefficient (Wildman–Crippen LogP) is 4.01. The van der Waals surface area contributed by atoms with Crippen molar-refractivity contribution in [1.29, 1.82) is 0 Å². The van der Waals surface area contributed by atoms with Crippen LogP contribution in [-0.4, -0.2) is 40.2 Å². The van der Waals surface area contributed by atoms with Crippen LogP contribution >= 0.6 is 11.6 Å². The van der Waals surface area contributed by atoms with Gasteiger partial charge in [-0.05, 0) is 43.8 Å². The second kappa shape index (κ2) is 10.4. The van der Waals surface area contributed by atoms with Crippen molar-refractivity contribution >= 4 is 17.5 Å². The fourth-order valence-electron chi connectivity index (χ4n) is 3.65. The van der Waals surface area contributed by atoms with E-state index in [4.69, 9.17) is 11.6 Å². The molecule has 1 unspecified atom stereocenters. The molecule has 1 N–H and O–H groups in total. The summed E-state index contributed by atoms with van der Waals surface area (Å²) >= 11 is 6.44. The van der Waals surface area contributed by atoms with E-state index < -0.39 is 11.3 Å². The number of para-hydroxylation sites is 1. The van der Waals surface area contributed by atoms with Gasteiger partial charge in [0, 0.05) is 23.3 Å². The summed E-state index contributed by atoms with van der Waals surface area (Å²) in [6.07, 6.45) is 0. The molecule has 1 atom stereocenters. The van der Waals surface area contributed by atoms with Crippen molar-refractivity contribution < 1.29 is 4.79 Å². The van der Waals surface area contributed by atoms with Crippen molar-refractivity contribution in [3.8, 4) is 5.69 Å². The van der Waals surface area contributed by atoms with Crippen molar-refractivity contribution in [2.45, 2.75) is 26.8 Å². The van der Waals surface area contributed by atoms with Crippen molar-refractivity contribution in [1.82, 2.24) is 20.0 Å². The molecule has 0 aliphatic rings. The Morgan fingerprint density at radius 3 is 2.39 bits per heavy atom. The molecule has 3 aromatic rings. The summed E-state index contributed by atoms with van der Waals surface area (Å²) in [6.45, 7) is 7.82. The first-order valence-electron chi connectivity index (χ1n) is 10.4. The monoisotopic (exact) mass is 438 g/mol. The fourth-order valence-corrected chi connectivity index (χ4v) is 3.92. The van der Waals surface area contributed by atoms with Crippen molar-refractivity contribution in [2.24, 2.45) is 0 Å². The molecule has 0 saturated carbocycles. The van der Waals surface area contributed by atoms with Crippen LogP contribution < -0.4 is 10.7 Å². The first-order chi connectivity index (χ1) is 15.0. The smallest absolute Gasteiger partial charge is 0.275 e. The van der Waals surface area contributed by atoms with Crippen LogP contribution in [0.2, 0.25) is 5.02 Å². The number of benzene rings is 2. The number of halogens is 1. The third-order valence-electron chi connectivity index (χ3n) is 5.30. The van der Waals surface area contributed by atoms with Crippen molar-refractivity contribution in [2.75, 3.05) is 19.6 Å². The highest BCUT2D eigenvalue weighted by atomic mass is 35.5. The second-order valence-electron chi connectivity index (χ2n) is 7.21. The van der Waals surface area contributed by atoms with Gasteiger partial charge in [-0.1, -0.05) is 61.8 Å². The van der Waals surface area contributed by atoms with Crippen LogP contribution in [0.25, 0.3) is 5.69 Å². The Kier molecular flexibility index (Phi) is 7.60. The van der Waals surface area contributed by atoms with Crippen LogP contribution in [0.15, 0.2) is 65.5 Å². The van der Waals surface area contributed by atoms with Gasteiger partial charge in [0.1, 0.15) is 0 Å². The van der Waals surface area contributed by atoms with Gasteiger partial charge in [-0.15, -0.1) is 0 Å². The maximum atomic E-state index is 12.9. The lowest BCUT2D eigenvalue weighted by molar-refractivity contribution is 0.0927. The third-order valence-corrected chi connectivity index (χ3v) is 5.64. The number of hydrogen-bond acceptors (Lipinski definition) is 4. The molecule has 0 aliphatic carbocycles. The Hall–Kier alpha value is -2.96. The number of carbonyl (C=O) groups is 1. The summed E-state index contributed by atoms with van der Waals surface area (Å²) < 4.78 is 1.60. The Labute approximate surface area is 187 Å². The minimum absolute atomic E-state index is 0.116. The molecule has 0 fully saturated rings. The topological polar surface area (TPSA) is 67.2 Å². The lowest BCUT2D eigenvalue weighted by atomic mass is 10.0. The molecule has 6 nitrogen and oxygen atoms in total. The van der Waals surface area contributed by atoms with Gasteiger partial charge in [-0.25, -0.2) is 4.68 Å². The minimum atomic E-state index is -0.501. The van der Waals surface area contributed by atoms with Crippen LogP contribution in [0.1, 0.15) is 41.6 Å². The molecule has 162 valence electrons. The van der Waals surface area contributed by atoms with Crippen molar-refractivity contribution in [3.05, 3.63) is 92.9 Å². The summed E-state index contributed by atoms with van der Waals surface area (Å²) in [7, 11) is 0. The molecule has 0 spiro atoms. The first-order valence-corrected chi connectivity index (χ1v) is 10.8. The van der Waals surface area contributed by atoms with Crippen LogP contribution in [0.4, 0.5) is 0 Å². The number of amides is 1. The normalized spacial score (nSPS) is 12.0. The predicted molar refractivity (Wildman–Crippen MR) is 124 cm³/mol. The molecule has 1 aromatic heterocycles. The van der Waals surface area contributed by atoms with E-state index in [1.807, 2.05) is 54.6 Å². The fraction of sp³-hybridized carbons (Fsp3) is 0.292. The van der Waals surface area contributed by atoms with E-state index in [0.717, 1.165) is 24.3 Å². The lowest BCUT2D eigenvalue weighted by Gasteiger charge is -2.30. The van der Waals surface area contributed by atoms with Crippen molar-refractivity contribution in [3.63, 3.8) is 0 Å². The molecule has 0 bridgehead atoms. The van der Waals surface area contributed by atoms with E-state index in [9.17, 15) is 9.59 Å². The van der Waals surface area contributed by atoms with E-state index in [0.29, 0.717) is 17.3 Å². The third kappa shape index (κ3) is 5.21. The van der Waals surface area contributed by atoms with Gasteiger partial charge in [0.25, 0.3) is 5.91 Å². The zero-order chi connectivity index (χ0) is 22.4. The Morgan fingerprint density at radius 1 is 1.10 bits per heavy atom. The number of carbonyl (C=O) groups excluding carboxylic acids is 1. The highest BCUT2D eigenvalue weighted by Gasteiger charge is 2.23. The average Bonchev–Trinajstić information content (AvgIpc) is 2.78. The molecule has 1 heterocycles. The highest BCUT2D eigenvalue weighted by molar-refractivity contribution is 6.31. The van der Waals surface area contributed by atoms with E-state index in [1.54, 1.807) is 11.6 Å². The van der Waals surface area contributed by atoms with E-state index in [-0.39, 0.29) is 11.7 Å². The molecule has 31 heavy (non-hydrogen) atoms. The van der Waals surface area contributed by atoms with Gasteiger partial charge in [0.05, 0.1) is 11.7 Å². The summed E-state index contributed by atoms with van der Waals surface area (Å²) in [5.74, 6) is -0.501. The number of aromatic nitrogens is 2. The first kappa shape index (κ1) is 22.7. The molecule has 0 aliphatic heterocycles. The number of likely N-dealkylation sites (N-methyl/N-ethyl adjacent to an activating group) is 1. The summed E-state index contributed by atoms with van der Waals surface area (Å²) in [4.78, 5) is 27.7. The van der Waals surface area contributed by atoms with E-state index >= 15 is 0 Å². The average molecular weight is 439 g/mol. The van der Waals surface area contributed by atoms with Gasteiger partial charge in [0.2, 0.25) is 5.43 Å². The van der Waals surface area contributed by atoms with Crippen LogP contribution in [0.5, 0.6) is 0 Å².